The maximum atomic E-state index is 13.0. The maximum Gasteiger partial charge on any atom is 0.410 e. The Hall–Kier alpha value is -3.40. The van der Waals surface area contributed by atoms with Crippen molar-refractivity contribution >= 4 is 27.8 Å². The number of benzene rings is 2. The number of ether oxygens (including phenoxy) is 1. The zero-order valence-electron chi connectivity index (χ0n) is 18.7. The molecule has 1 saturated heterocycles. The van der Waals surface area contributed by atoms with Gasteiger partial charge < -0.3 is 14.7 Å². The molecule has 0 saturated carbocycles. The van der Waals surface area contributed by atoms with E-state index in [9.17, 15) is 27.9 Å². The molecule has 34 heavy (non-hydrogen) atoms. The molecule has 1 atom stereocenters. The number of sulfone groups is 1. The van der Waals surface area contributed by atoms with Crippen molar-refractivity contribution in [1.29, 1.82) is 0 Å². The predicted molar refractivity (Wildman–Crippen MR) is 124 cm³/mol. The summed E-state index contributed by atoms with van der Waals surface area (Å²) in [6.07, 6.45) is -1.42. The lowest BCUT2D eigenvalue weighted by Gasteiger charge is -2.33. The molecule has 180 valence electrons. The first-order chi connectivity index (χ1) is 16.2. The van der Waals surface area contributed by atoms with Crippen LogP contribution in [0.3, 0.4) is 0 Å². The second-order valence-electron chi connectivity index (χ2n) is 8.51. The Morgan fingerprint density at radius 3 is 2.09 bits per heavy atom. The van der Waals surface area contributed by atoms with Crippen LogP contribution in [0.1, 0.15) is 23.5 Å². The van der Waals surface area contributed by atoms with Crippen LogP contribution in [-0.2, 0) is 24.2 Å². The molecule has 4 rings (SSSR count). The van der Waals surface area contributed by atoms with E-state index in [2.05, 4.69) is 0 Å². The quantitative estimate of drug-likeness (QED) is 0.663. The standard InChI is InChI=1S/C24H26N2O7S/c1-25(21(14-22(27)28)23(29)26-10-12-34(31,32)13-11-26)24(30)33-15-20-18-8-4-2-6-16(18)17-7-3-5-9-19(17)20/h2-9,20-21H,10-15H2,1H3,(H,27,28). The molecule has 9 nitrogen and oxygen atoms in total. The first-order valence-corrected chi connectivity index (χ1v) is 12.8. The van der Waals surface area contributed by atoms with Gasteiger partial charge in [0, 0.05) is 26.1 Å². The Balaban J connectivity index is 1.47. The number of carboxylic acids is 1. The van der Waals surface area contributed by atoms with Gasteiger partial charge in [-0.05, 0) is 22.3 Å². The fourth-order valence-electron chi connectivity index (χ4n) is 4.52. The van der Waals surface area contributed by atoms with Crippen LogP contribution in [0, 0.1) is 0 Å². The summed E-state index contributed by atoms with van der Waals surface area (Å²) in [6.45, 7) is -0.0290. The van der Waals surface area contributed by atoms with Gasteiger partial charge in [0.2, 0.25) is 5.91 Å². The fraction of sp³-hybridized carbons (Fsp3) is 0.375. The lowest BCUT2D eigenvalue weighted by atomic mass is 9.98. The summed E-state index contributed by atoms with van der Waals surface area (Å²) >= 11 is 0. The van der Waals surface area contributed by atoms with Gasteiger partial charge in [-0.3, -0.25) is 14.5 Å². The van der Waals surface area contributed by atoms with Crippen molar-refractivity contribution in [2.24, 2.45) is 0 Å². The Morgan fingerprint density at radius 1 is 1.03 bits per heavy atom. The number of likely N-dealkylation sites (N-methyl/N-ethyl adjacent to an activating group) is 1. The van der Waals surface area contributed by atoms with Gasteiger partial charge in [-0.1, -0.05) is 48.5 Å². The second-order valence-corrected chi connectivity index (χ2v) is 10.8. The molecule has 2 amide bonds. The highest BCUT2D eigenvalue weighted by Gasteiger charge is 2.36. The minimum absolute atomic E-state index is 0.0319. The van der Waals surface area contributed by atoms with Gasteiger partial charge in [-0.2, -0.15) is 0 Å². The summed E-state index contributed by atoms with van der Waals surface area (Å²) in [6, 6.07) is 14.5. The van der Waals surface area contributed by atoms with E-state index >= 15 is 0 Å². The van der Waals surface area contributed by atoms with E-state index in [0.29, 0.717) is 0 Å². The number of nitrogens with zero attached hydrogens (tertiary/aromatic N) is 2. The average molecular weight is 487 g/mol. The zero-order valence-corrected chi connectivity index (χ0v) is 19.5. The Morgan fingerprint density at radius 2 is 1.56 bits per heavy atom. The summed E-state index contributed by atoms with van der Waals surface area (Å²) in [7, 11) is -1.89. The highest BCUT2D eigenvalue weighted by molar-refractivity contribution is 7.91. The molecule has 0 aromatic heterocycles. The van der Waals surface area contributed by atoms with Crippen LogP contribution >= 0.6 is 0 Å². The summed E-state index contributed by atoms with van der Waals surface area (Å²) in [5.74, 6) is -2.40. The maximum absolute atomic E-state index is 13.0. The molecule has 1 fully saturated rings. The number of hydrogen-bond donors (Lipinski definition) is 1. The molecule has 10 heteroatoms. The van der Waals surface area contributed by atoms with E-state index in [4.69, 9.17) is 4.74 Å². The number of carbonyl (C=O) groups excluding carboxylic acids is 2. The minimum Gasteiger partial charge on any atom is -0.481 e. The molecule has 1 unspecified atom stereocenters. The summed E-state index contributed by atoms with van der Waals surface area (Å²) in [5.41, 5.74) is 4.22. The summed E-state index contributed by atoms with van der Waals surface area (Å²) < 4.78 is 28.9. The van der Waals surface area contributed by atoms with Gasteiger partial charge in [0.05, 0.1) is 17.9 Å². The number of hydrogen-bond acceptors (Lipinski definition) is 6. The number of amides is 2. The third-order valence-electron chi connectivity index (χ3n) is 6.40. The van der Waals surface area contributed by atoms with E-state index < -0.39 is 40.3 Å². The number of rotatable bonds is 6. The highest BCUT2D eigenvalue weighted by atomic mass is 32.2. The molecule has 2 aliphatic rings. The van der Waals surface area contributed by atoms with Crippen molar-refractivity contribution in [3.63, 3.8) is 0 Å². The molecule has 1 N–H and O–H groups in total. The molecular formula is C24H26N2O7S. The van der Waals surface area contributed by atoms with Gasteiger partial charge in [-0.25, -0.2) is 13.2 Å². The topological polar surface area (TPSA) is 121 Å². The molecule has 0 spiro atoms. The van der Waals surface area contributed by atoms with Crippen LogP contribution in [0.15, 0.2) is 48.5 Å². The molecule has 0 bridgehead atoms. The van der Waals surface area contributed by atoms with Crippen molar-refractivity contribution in [2.45, 2.75) is 18.4 Å². The Kier molecular flexibility index (Phi) is 6.60. The van der Waals surface area contributed by atoms with Gasteiger partial charge >= 0.3 is 12.1 Å². The lowest BCUT2D eigenvalue weighted by molar-refractivity contribution is -0.144. The number of aliphatic carboxylic acids is 1. The number of carboxylic acid groups (broad SMARTS) is 1. The first kappa shape index (κ1) is 23.7. The average Bonchev–Trinajstić information content (AvgIpc) is 3.14. The third kappa shape index (κ3) is 4.77. The Bertz CT molecular complexity index is 1170. The molecule has 1 heterocycles. The molecule has 1 aliphatic carbocycles. The van der Waals surface area contributed by atoms with Gasteiger partial charge in [-0.15, -0.1) is 0 Å². The van der Waals surface area contributed by atoms with Crippen LogP contribution in [0.4, 0.5) is 4.79 Å². The largest absolute Gasteiger partial charge is 0.481 e. The van der Waals surface area contributed by atoms with Crippen molar-refractivity contribution in [2.75, 3.05) is 38.2 Å². The van der Waals surface area contributed by atoms with Crippen LogP contribution in [0.2, 0.25) is 0 Å². The monoisotopic (exact) mass is 486 g/mol. The third-order valence-corrected chi connectivity index (χ3v) is 8.01. The predicted octanol–water partition coefficient (Wildman–Crippen LogP) is 1.97. The smallest absolute Gasteiger partial charge is 0.410 e. The summed E-state index contributed by atoms with van der Waals surface area (Å²) in [5, 5.41) is 9.32. The van der Waals surface area contributed by atoms with E-state index in [1.807, 2.05) is 48.5 Å². The molecule has 2 aromatic rings. The highest BCUT2D eigenvalue weighted by Crippen LogP contribution is 2.44. The van der Waals surface area contributed by atoms with Crippen molar-refractivity contribution in [3.05, 3.63) is 59.7 Å². The lowest BCUT2D eigenvalue weighted by Crippen LogP contribution is -2.54. The number of carbonyl (C=O) groups is 3. The normalized spacial score (nSPS) is 17.4. The van der Waals surface area contributed by atoms with Gasteiger partial charge in [0.15, 0.2) is 9.84 Å². The number of fused-ring (bicyclic) bond motifs is 3. The van der Waals surface area contributed by atoms with Crippen molar-refractivity contribution in [1.82, 2.24) is 9.80 Å². The molecule has 1 aliphatic heterocycles. The van der Waals surface area contributed by atoms with E-state index in [0.717, 1.165) is 27.2 Å². The molecule has 2 aromatic carbocycles. The van der Waals surface area contributed by atoms with Crippen LogP contribution < -0.4 is 0 Å². The van der Waals surface area contributed by atoms with Crippen molar-refractivity contribution < 1.29 is 32.6 Å². The SMILES string of the molecule is CN(C(=O)OCC1c2ccccc2-c2ccccc21)C(CC(=O)O)C(=O)N1CCS(=O)(=O)CC1. The van der Waals surface area contributed by atoms with Gasteiger partial charge in [0.1, 0.15) is 12.6 Å². The fourth-order valence-corrected chi connectivity index (χ4v) is 5.72. The zero-order chi connectivity index (χ0) is 24.5. The second kappa shape index (κ2) is 9.46. The summed E-state index contributed by atoms with van der Waals surface area (Å²) in [4.78, 5) is 39.6. The minimum atomic E-state index is -3.22. The first-order valence-electron chi connectivity index (χ1n) is 11.0. The van der Waals surface area contributed by atoms with Crippen molar-refractivity contribution in [3.8, 4) is 11.1 Å². The van der Waals surface area contributed by atoms with Crippen LogP contribution in [-0.4, -0.2) is 85.6 Å². The van der Waals surface area contributed by atoms with Crippen LogP contribution in [0.25, 0.3) is 11.1 Å². The van der Waals surface area contributed by atoms with E-state index in [-0.39, 0.29) is 37.1 Å². The van der Waals surface area contributed by atoms with E-state index in [1.54, 1.807) is 0 Å². The van der Waals surface area contributed by atoms with E-state index in [1.165, 1.54) is 11.9 Å². The Labute approximate surface area is 197 Å². The van der Waals surface area contributed by atoms with Crippen LogP contribution in [0.5, 0.6) is 0 Å². The molecule has 0 radical (unpaired) electrons. The molecular weight excluding hydrogens is 460 g/mol. The van der Waals surface area contributed by atoms with Gasteiger partial charge in [0.25, 0.3) is 0 Å².